The van der Waals surface area contributed by atoms with Gasteiger partial charge in [-0.15, -0.1) is 0 Å². The molecule has 450 valence electrons. The maximum absolute atomic E-state index is 10.7. The number of nitrogens with zero attached hydrogens (tertiary/aromatic N) is 13. The van der Waals surface area contributed by atoms with E-state index in [1.54, 1.807) is 18.2 Å². The maximum Gasteiger partial charge on any atom is 3.00 e. The van der Waals surface area contributed by atoms with Crippen LogP contribution in [0.5, 0.6) is 0 Å². The molecule has 6 heterocycles. The largest absolute Gasteiger partial charge is 3.00 e. The Hall–Kier alpha value is -7.79. The van der Waals surface area contributed by atoms with Crippen LogP contribution < -0.4 is 0 Å². The third kappa shape index (κ3) is 26.8. The molecule has 0 saturated heterocycles. The van der Waals surface area contributed by atoms with Gasteiger partial charge in [0, 0.05) is 49.0 Å². The third-order valence-electron chi connectivity index (χ3n) is 9.56. The minimum atomic E-state index is -10.7. The molecule has 4 aromatic carbocycles. The van der Waals surface area contributed by atoms with Gasteiger partial charge in [0.15, 0.2) is 23.3 Å². The number of pyridine rings is 2. The van der Waals surface area contributed by atoms with Gasteiger partial charge >= 0.3 is 119 Å². The summed E-state index contributed by atoms with van der Waals surface area (Å²) in [6.45, 7) is 4.29. The first-order valence-electron chi connectivity index (χ1n) is 22.3. The van der Waals surface area contributed by atoms with Crippen LogP contribution >= 0.6 is 23.4 Å². The maximum atomic E-state index is 9.87. The van der Waals surface area contributed by atoms with Crippen molar-refractivity contribution in [1.29, 1.82) is 15.8 Å². The molecule has 0 spiro atoms. The number of nitriles is 3. The molecule has 0 fully saturated rings. The molecule has 0 aliphatic heterocycles. The van der Waals surface area contributed by atoms with Crippen molar-refractivity contribution >= 4 is 67.6 Å². The molecule has 35 heteroatoms. The third-order valence-corrected chi connectivity index (χ3v) is 9.56. The average molecular weight is 1430 g/mol. The molecular weight excluding hydrogens is 1390 g/mol. The van der Waals surface area contributed by atoms with E-state index >= 15 is 0 Å². The molecule has 0 bridgehead atoms. The molecule has 0 saturated carbocycles. The summed E-state index contributed by atoms with van der Waals surface area (Å²) in [5.41, 5.74) is 11.6. The summed E-state index contributed by atoms with van der Waals surface area (Å²) in [6, 6.07) is 49.7. The standard InChI is InChI=1S/2C21H17N5.3C2H3N.3F6P.Ir/c2*1-25-18-12-5-3-8-14(18)23-20(25)16-10-7-11-17(22-16)21-24-15-9-4-6-13-19(15)26(21)2;3*1-2-3;3*1-7(2,3,4,5)6;/h2*3-13H,1-2H3;3*1H3;;;;/q;;;;;3*-1;+3. The summed E-state index contributed by atoms with van der Waals surface area (Å²) in [4.78, 5) is 28.7. The SMILES string of the molecule is CC#N.CC#N.CC#N.Cn1c(-c2cccc(-c3nc4ccccc4n3C)n2)nc2ccccc21.Cn1c(-c2cccc(-c3nc4ccccc4n3C)n2)nc2ccccc21.F[P-](F)(F)(F)(F)F.F[P-](F)(F)(F)(F)F.F[P-](F)(F)(F)(F)F.[Ir+3]. The second kappa shape index (κ2) is 24.2. The van der Waals surface area contributed by atoms with E-state index in [2.05, 4.69) is 42.5 Å². The molecule has 0 N–H and O–H groups in total. The predicted octanol–water partition coefficient (Wildman–Crippen LogP) is 20.1. The van der Waals surface area contributed by atoms with Crippen molar-refractivity contribution in [3.8, 4) is 64.3 Å². The number of para-hydroxylation sites is 8. The van der Waals surface area contributed by atoms with Crippen molar-refractivity contribution in [1.82, 2.24) is 48.2 Å². The van der Waals surface area contributed by atoms with Crippen molar-refractivity contribution in [3.63, 3.8) is 0 Å². The molecule has 0 atom stereocenters. The van der Waals surface area contributed by atoms with E-state index in [1.807, 2.05) is 137 Å². The van der Waals surface area contributed by atoms with Crippen LogP contribution in [-0.4, -0.2) is 48.2 Å². The summed E-state index contributed by atoms with van der Waals surface area (Å²) >= 11 is 0. The average Bonchev–Trinajstić information content (AvgIpc) is 4.07. The summed E-state index contributed by atoms with van der Waals surface area (Å²) in [5.74, 6) is 3.41. The molecule has 0 aliphatic carbocycles. The van der Waals surface area contributed by atoms with Crippen LogP contribution in [0.3, 0.4) is 0 Å². The zero-order chi connectivity index (χ0) is 62.7. The smallest absolute Gasteiger partial charge is 3.00 e. The van der Waals surface area contributed by atoms with E-state index < -0.39 is 23.4 Å². The number of fused-ring (bicyclic) bond motifs is 4. The fourth-order valence-corrected chi connectivity index (χ4v) is 6.87. The normalized spacial score (nSPS) is 13.3. The number of hydrogen-bond donors (Lipinski definition) is 0. The van der Waals surface area contributed by atoms with Crippen molar-refractivity contribution in [3.05, 3.63) is 133 Å². The minimum absolute atomic E-state index is 0. The Kier molecular flexibility index (Phi) is 20.8. The summed E-state index contributed by atoms with van der Waals surface area (Å²) in [6.07, 6.45) is 0. The van der Waals surface area contributed by atoms with Gasteiger partial charge in [0.05, 0.1) is 62.3 Å². The number of aryl methyl sites for hydroxylation is 4. The molecule has 10 aromatic rings. The summed E-state index contributed by atoms with van der Waals surface area (Å²) in [7, 11) is -23.9. The summed E-state index contributed by atoms with van der Waals surface area (Å²) in [5, 5.41) is 22.0. The molecule has 0 radical (unpaired) electrons. The van der Waals surface area contributed by atoms with Crippen LogP contribution in [0.2, 0.25) is 0 Å². The van der Waals surface area contributed by atoms with Gasteiger partial charge in [0.1, 0.15) is 22.8 Å². The molecule has 83 heavy (non-hydrogen) atoms. The van der Waals surface area contributed by atoms with Crippen LogP contribution in [0.4, 0.5) is 75.5 Å². The molecule has 13 nitrogen and oxygen atoms in total. The van der Waals surface area contributed by atoms with E-state index in [0.717, 1.165) is 90.2 Å². The summed E-state index contributed by atoms with van der Waals surface area (Å²) < 4.78 is 186. The number of halogens is 18. The second-order valence-electron chi connectivity index (χ2n) is 16.3. The first-order valence-corrected chi connectivity index (χ1v) is 28.4. The van der Waals surface area contributed by atoms with Gasteiger partial charge in [0.25, 0.3) is 0 Å². The zero-order valence-electron chi connectivity index (χ0n) is 43.5. The molecule has 6 aromatic heterocycles. The molecule has 0 unspecified atom stereocenters. The van der Waals surface area contributed by atoms with Crippen LogP contribution in [-0.2, 0) is 48.3 Å². The van der Waals surface area contributed by atoms with E-state index in [1.165, 1.54) is 20.8 Å². The Morgan fingerprint density at radius 3 is 0.578 bits per heavy atom. The van der Waals surface area contributed by atoms with Gasteiger partial charge < -0.3 is 18.3 Å². The van der Waals surface area contributed by atoms with Crippen molar-refractivity contribution < 1.29 is 95.6 Å². The Balaban J connectivity index is 0.000000382. The van der Waals surface area contributed by atoms with Crippen molar-refractivity contribution in [2.24, 2.45) is 28.2 Å². The van der Waals surface area contributed by atoms with Gasteiger partial charge in [0.2, 0.25) is 0 Å². The number of aromatic nitrogens is 10. The fourth-order valence-electron chi connectivity index (χ4n) is 6.87. The predicted molar refractivity (Wildman–Crippen MR) is 282 cm³/mol. The van der Waals surface area contributed by atoms with E-state index in [0.29, 0.717) is 0 Å². The second-order valence-corrected chi connectivity index (χ2v) is 22.0. The molecule has 0 aliphatic rings. The Morgan fingerprint density at radius 2 is 0.434 bits per heavy atom. The molecular formula is C48H43F18IrN13P3. The number of benzene rings is 4. The quantitative estimate of drug-likeness (QED) is 0.123. The fraction of sp³-hybridized carbons (Fsp3) is 0.146. The topological polar surface area (TPSA) is 168 Å². The monoisotopic (exact) mass is 1430 g/mol. The van der Waals surface area contributed by atoms with Crippen LogP contribution in [0, 0.1) is 34.0 Å². The van der Waals surface area contributed by atoms with Gasteiger partial charge in [-0.1, -0.05) is 60.7 Å². The first kappa shape index (κ1) is 71.3. The van der Waals surface area contributed by atoms with E-state index in [9.17, 15) is 75.5 Å². The number of imidazole rings is 4. The Labute approximate surface area is 472 Å². The van der Waals surface area contributed by atoms with Gasteiger partial charge in [-0.25, -0.2) is 29.9 Å². The van der Waals surface area contributed by atoms with E-state index in [4.69, 9.17) is 45.7 Å². The van der Waals surface area contributed by atoms with Gasteiger partial charge in [-0.2, -0.15) is 15.8 Å². The van der Waals surface area contributed by atoms with E-state index in [-0.39, 0.29) is 20.1 Å². The Morgan fingerprint density at radius 1 is 0.289 bits per heavy atom. The molecule has 10 rings (SSSR count). The van der Waals surface area contributed by atoms with Crippen LogP contribution in [0.25, 0.3) is 90.2 Å². The Bertz CT molecular complexity index is 3500. The van der Waals surface area contributed by atoms with Gasteiger partial charge in [-0.05, 0) is 72.8 Å². The van der Waals surface area contributed by atoms with Crippen molar-refractivity contribution in [2.75, 3.05) is 0 Å². The molecule has 0 amide bonds. The number of hydrogen-bond acceptors (Lipinski definition) is 9. The zero-order valence-corrected chi connectivity index (χ0v) is 48.6. The van der Waals surface area contributed by atoms with Gasteiger partial charge in [-0.3, -0.25) is 0 Å². The first-order chi connectivity index (χ1) is 37.0. The number of rotatable bonds is 4. The minimum Gasteiger partial charge on any atom is 3.00 e. The van der Waals surface area contributed by atoms with Crippen LogP contribution in [0.15, 0.2) is 133 Å². The van der Waals surface area contributed by atoms with Crippen molar-refractivity contribution in [2.45, 2.75) is 20.8 Å². The van der Waals surface area contributed by atoms with Crippen LogP contribution in [0.1, 0.15) is 20.8 Å².